The van der Waals surface area contributed by atoms with Crippen molar-refractivity contribution in [3.05, 3.63) is 35.4 Å². The zero-order valence-corrected chi connectivity index (χ0v) is 10.9. The molecule has 1 aliphatic heterocycles. The second-order valence-corrected chi connectivity index (χ2v) is 4.11. The number of benzene rings is 1. The lowest BCUT2D eigenvalue weighted by Gasteiger charge is -2.16. The lowest BCUT2D eigenvalue weighted by Crippen LogP contribution is -2.22. The number of rotatable bonds is 0. The van der Waals surface area contributed by atoms with Crippen LogP contribution in [0.25, 0.3) is 0 Å². The number of halogens is 2. The molecule has 0 N–H and O–H groups in total. The highest BCUT2D eigenvalue weighted by atomic mass is 35.5. The molecule has 0 fully saturated rings. The van der Waals surface area contributed by atoms with Gasteiger partial charge in [-0.15, -0.1) is 24.8 Å². The molecule has 15 heavy (non-hydrogen) atoms. The molecule has 1 atom stereocenters. The summed E-state index contributed by atoms with van der Waals surface area (Å²) >= 11 is 0. The van der Waals surface area contributed by atoms with Gasteiger partial charge in [-0.2, -0.15) is 0 Å². The van der Waals surface area contributed by atoms with E-state index in [1.807, 2.05) is 0 Å². The summed E-state index contributed by atoms with van der Waals surface area (Å²) in [6.07, 6.45) is 1.21. The number of fused-ring (bicyclic) bond motifs is 1. The van der Waals surface area contributed by atoms with Crippen molar-refractivity contribution >= 4 is 24.8 Å². The van der Waals surface area contributed by atoms with Gasteiger partial charge < -0.3 is 4.90 Å². The van der Waals surface area contributed by atoms with E-state index in [1.165, 1.54) is 19.5 Å². The van der Waals surface area contributed by atoms with Crippen molar-refractivity contribution in [2.45, 2.75) is 19.3 Å². The second-order valence-electron chi connectivity index (χ2n) is 4.11. The summed E-state index contributed by atoms with van der Waals surface area (Å²) in [5, 5.41) is 0. The lowest BCUT2D eigenvalue weighted by atomic mass is 9.96. The summed E-state index contributed by atoms with van der Waals surface area (Å²) in [5.41, 5.74) is 3.09. The molecule has 1 unspecified atom stereocenters. The molecule has 1 heterocycles. The summed E-state index contributed by atoms with van der Waals surface area (Å²) < 4.78 is 0. The molecule has 1 aromatic rings. The number of nitrogens with zero attached hydrogens (tertiary/aromatic N) is 1. The first-order valence-corrected chi connectivity index (χ1v) is 5.03. The summed E-state index contributed by atoms with van der Waals surface area (Å²) in [6.45, 7) is 4.71. The van der Waals surface area contributed by atoms with Gasteiger partial charge in [0.15, 0.2) is 0 Å². The maximum atomic E-state index is 2.42. The van der Waals surface area contributed by atoms with E-state index in [4.69, 9.17) is 0 Å². The molecule has 86 valence electrons. The Hall–Kier alpha value is -0.240. The third-order valence-electron chi connectivity index (χ3n) is 2.93. The Labute approximate surface area is 105 Å². The van der Waals surface area contributed by atoms with Crippen LogP contribution in [0, 0.1) is 0 Å². The molecular formula is C12H19Cl2N. The predicted molar refractivity (Wildman–Crippen MR) is 70.6 cm³/mol. The molecule has 0 radical (unpaired) electrons. The van der Waals surface area contributed by atoms with Gasteiger partial charge in [0, 0.05) is 13.1 Å². The third kappa shape index (κ3) is 3.37. The lowest BCUT2D eigenvalue weighted by molar-refractivity contribution is 0.332. The molecule has 0 spiro atoms. The number of hydrogen-bond acceptors (Lipinski definition) is 1. The predicted octanol–water partition coefficient (Wildman–Crippen LogP) is 3.12. The molecule has 0 saturated carbocycles. The Morgan fingerprint density at radius 2 is 1.87 bits per heavy atom. The van der Waals surface area contributed by atoms with Gasteiger partial charge in [0.05, 0.1) is 0 Å². The van der Waals surface area contributed by atoms with Crippen LogP contribution in [-0.2, 0) is 6.42 Å². The molecule has 2 rings (SSSR count). The van der Waals surface area contributed by atoms with Crippen molar-refractivity contribution in [1.29, 1.82) is 0 Å². The normalized spacial score (nSPS) is 20.5. The van der Waals surface area contributed by atoms with E-state index in [0.717, 1.165) is 0 Å². The largest absolute Gasteiger partial charge is 0.305 e. The fraction of sp³-hybridized carbons (Fsp3) is 0.500. The molecule has 1 nitrogen and oxygen atoms in total. The number of likely N-dealkylation sites (N-methyl/N-ethyl adjacent to an activating group) is 1. The standard InChI is InChI=1S/C12H17N.2ClH/c1-10-9-13(2)8-7-11-5-3-4-6-12(10)11;;/h3-6,10H,7-9H2,1-2H3;2*1H. The average Bonchev–Trinajstić information content (AvgIpc) is 2.27. The molecule has 0 amide bonds. The summed E-state index contributed by atoms with van der Waals surface area (Å²) in [5.74, 6) is 0.684. The van der Waals surface area contributed by atoms with Crippen LogP contribution in [0.3, 0.4) is 0 Å². The van der Waals surface area contributed by atoms with Gasteiger partial charge in [-0.05, 0) is 30.5 Å². The molecular weight excluding hydrogens is 229 g/mol. The highest BCUT2D eigenvalue weighted by molar-refractivity contribution is 5.85. The third-order valence-corrected chi connectivity index (χ3v) is 2.93. The first-order chi connectivity index (χ1) is 6.27. The van der Waals surface area contributed by atoms with Crippen LogP contribution in [0.1, 0.15) is 24.0 Å². The van der Waals surface area contributed by atoms with Gasteiger partial charge >= 0.3 is 0 Å². The van der Waals surface area contributed by atoms with Crippen LogP contribution in [0.15, 0.2) is 24.3 Å². The average molecular weight is 248 g/mol. The molecule has 0 aromatic heterocycles. The van der Waals surface area contributed by atoms with Crippen molar-refractivity contribution < 1.29 is 0 Å². The topological polar surface area (TPSA) is 3.24 Å². The van der Waals surface area contributed by atoms with Gasteiger partial charge in [0.25, 0.3) is 0 Å². The van der Waals surface area contributed by atoms with Crippen molar-refractivity contribution in [3.8, 4) is 0 Å². The molecule has 0 aliphatic carbocycles. The van der Waals surface area contributed by atoms with E-state index >= 15 is 0 Å². The Morgan fingerprint density at radius 3 is 2.60 bits per heavy atom. The monoisotopic (exact) mass is 247 g/mol. The van der Waals surface area contributed by atoms with Crippen LogP contribution in [-0.4, -0.2) is 25.0 Å². The SMILES string of the molecule is CC1CN(C)CCc2ccccc21.Cl.Cl. The minimum atomic E-state index is 0. The van der Waals surface area contributed by atoms with Gasteiger partial charge in [-0.25, -0.2) is 0 Å². The maximum Gasteiger partial charge on any atom is 0.00448 e. The van der Waals surface area contributed by atoms with E-state index in [2.05, 4.69) is 43.1 Å². The molecule has 3 heteroatoms. The van der Waals surface area contributed by atoms with E-state index < -0.39 is 0 Å². The highest BCUT2D eigenvalue weighted by Gasteiger charge is 2.16. The van der Waals surface area contributed by atoms with Gasteiger partial charge in [-0.3, -0.25) is 0 Å². The van der Waals surface area contributed by atoms with Gasteiger partial charge in [-0.1, -0.05) is 31.2 Å². The highest BCUT2D eigenvalue weighted by Crippen LogP contribution is 2.23. The minimum Gasteiger partial charge on any atom is -0.305 e. The van der Waals surface area contributed by atoms with Crippen LogP contribution < -0.4 is 0 Å². The number of hydrogen-bond donors (Lipinski definition) is 0. The van der Waals surface area contributed by atoms with Gasteiger partial charge in [0.1, 0.15) is 0 Å². The first kappa shape index (κ1) is 14.8. The van der Waals surface area contributed by atoms with E-state index in [-0.39, 0.29) is 24.8 Å². The van der Waals surface area contributed by atoms with Crippen molar-refractivity contribution in [3.63, 3.8) is 0 Å². The van der Waals surface area contributed by atoms with Crippen LogP contribution in [0.5, 0.6) is 0 Å². The van der Waals surface area contributed by atoms with Crippen LogP contribution in [0.4, 0.5) is 0 Å². The fourth-order valence-electron chi connectivity index (χ4n) is 2.21. The first-order valence-electron chi connectivity index (χ1n) is 5.03. The van der Waals surface area contributed by atoms with E-state index in [1.54, 1.807) is 11.1 Å². The quantitative estimate of drug-likeness (QED) is 0.681. The zero-order valence-electron chi connectivity index (χ0n) is 9.27. The van der Waals surface area contributed by atoms with Crippen molar-refractivity contribution in [2.75, 3.05) is 20.1 Å². The smallest absolute Gasteiger partial charge is 0.00448 e. The molecule has 1 aromatic carbocycles. The second kappa shape index (κ2) is 6.37. The summed E-state index contributed by atoms with van der Waals surface area (Å²) in [7, 11) is 2.21. The van der Waals surface area contributed by atoms with E-state index in [9.17, 15) is 0 Å². The Balaban J connectivity index is 0.000000980. The Morgan fingerprint density at radius 1 is 1.20 bits per heavy atom. The van der Waals surface area contributed by atoms with Crippen molar-refractivity contribution in [2.24, 2.45) is 0 Å². The van der Waals surface area contributed by atoms with Gasteiger partial charge in [0.2, 0.25) is 0 Å². The Bertz CT molecular complexity index is 301. The van der Waals surface area contributed by atoms with E-state index in [0.29, 0.717) is 5.92 Å². The molecule has 1 aliphatic rings. The van der Waals surface area contributed by atoms with Crippen molar-refractivity contribution in [1.82, 2.24) is 4.90 Å². The maximum absolute atomic E-state index is 2.42. The summed E-state index contributed by atoms with van der Waals surface area (Å²) in [6, 6.07) is 8.85. The summed E-state index contributed by atoms with van der Waals surface area (Å²) in [4.78, 5) is 2.42. The minimum absolute atomic E-state index is 0. The van der Waals surface area contributed by atoms with Crippen LogP contribution >= 0.6 is 24.8 Å². The Kier molecular flexibility index (Phi) is 6.26. The fourth-order valence-corrected chi connectivity index (χ4v) is 2.21. The zero-order chi connectivity index (χ0) is 9.26. The van der Waals surface area contributed by atoms with Crippen LogP contribution in [0.2, 0.25) is 0 Å². The molecule has 0 bridgehead atoms. The molecule has 0 saturated heterocycles.